The molecule has 20 heavy (non-hydrogen) atoms. The second-order valence-corrected chi connectivity index (χ2v) is 5.40. The molecule has 0 amide bonds. The van der Waals surface area contributed by atoms with Crippen LogP contribution in [-0.4, -0.2) is 7.11 Å². The zero-order valence-electron chi connectivity index (χ0n) is 10.7. The second kappa shape index (κ2) is 6.65. The summed E-state index contributed by atoms with van der Waals surface area (Å²) in [7, 11) is 1.60. The average Bonchev–Trinajstić information content (AvgIpc) is 2.46. The lowest BCUT2D eigenvalue weighted by atomic mass is 10.1. The minimum atomic E-state index is -0.446. The molecule has 2 aromatic carbocycles. The van der Waals surface area contributed by atoms with Crippen LogP contribution in [0.2, 0.25) is 5.02 Å². The van der Waals surface area contributed by atoms with Crippen LogP contribution in [0.15, 0.2) is 46.9 Å². The third-order valence-corrected chi connectivity index (χ3v) is 3.67. The number of anilines is 1. The van der Waals surface area contributed by atoms with Gasteiger partial charge in [-0.3, -0.25) is 0 Å². The quantitative estimate of drug-likeness (QED) is 0.861. The third kappa shape index (κ3) is 3.44. The SMILES string of the molecule is COc1ccc(C(C#N)Nc2ccc(Cl)cc2)cc1Br. The first kappa shape index (κ1) is 14.7. The van der Waals surface area contributed by atoms with E-state index in [9.17, 15) is 5.26 Å². The molecule has 1 atom stereocenters. The molecule has 2 rings (SSSR count). The smallest absolute Gasteiger partial charge is 0.140 e. The summed E-state index contributed by atoms with van der Waals surface area (Å²) in [5.74, 6) is 0.733. The van der Waals surface area contributed by atoms with Gasteiger partial charge in [0.15, 0.2) is 0 Å². The number of halogens is 2. The number of hydrogen-bond donors (Lipinski definition) is 1. The van der Waals surface area contributed by atoms with E-state index in [1.54, 1.807) is 19.2 Å². The zero-order chi connectivity index (χ0) is 14.5. The van der Waals surface area contributed by atoms with Gasteiger partial charge in [-0.1, -0.05) is 17.7 Å². The topological polar surface area (TPSA) is 45.0 Å². The molecule has 2 aromatic rings. The molecule has 0 fully saturated rings. The molecule has 5 heteroatoms. The van der Waals surface area contributed by atoms with E-state index in [4.69, 9.17) is 16.3 Å². The van der Waals surface area contributed by atoms with Crippen molar-refractivity contribution >= 4 is 33.2 Å². The first-order valence-electron chi connectivity index (χ1n) is 5.89. The van der Waals surface area contributed by atoms with Gasteiger partial charge in [-0.15, -0.1) is 0 Å². The second-order valence-electron chi connectivity index (χ2n) is 4.11. The van der Waals surface area contributed by atoms with Crippen LogP contribution in [0.4, 0.5) is 5.69 Å². The Bertz CT molecular complexity index is 637. The third-order valence-electron chi connectivity index (χ3n) is 2.79. The Morgan fingerprint density at radius 1 is 1.25 bits per heavy atom. The number of nitrogens with zero attached hydrogens (tertiary/aromatic N) is 1. The van der Waals surface area contributed by atoms with E-state index in [-0.39, 0.29) is 0 Å². The van der Waals surface area contributed by atoms with Gasteiger partial charge in [0.25, 0.3) is 0 Å². The van der Waals surface area contributed by atoms with Gasteiger partial charge in [0, 0.05) is 10.7 Å². The fourth-order valence-corrected chi connectivity index (χ4v) is 2.45. The van der Waals surface area contributed by atoms with Crippen molar-refractivity contribution in [2.75, 3.05) is 12.4 Å². The van der Waals surface area contributed by atoms with E-state index in [0.29, 0.717) is 5.02 Å². The van der Waals surface area contributed by atoms with Crippen LogP contribution >= 0.6 is 27.5 Å². The highest BCUT2D eigenvalue weighted by molar-refractivity contribution is 9.10. The molecule has 0 aliphatic heterocycles. The van der Waals surface area contributed by atoms with Gasteiger partial charge in [-0.05, 0) is 57.9 Å². The van der Waals surface area contributed by atoms with Crippen molar-refractivity contribution in [2.45, 2.75) is 6.04 Å². The Morgan fingerprint density at radius 2 is 1.95 bits per heavy atom. The standard InChI is InChI=1S/C15H12BrClN2O/c1-20-15-7-2-10(8-13(15)16)14(9-18)19-12-5-3-11(17)4-6-12/h2-8,14,19H,1H3. The molecule has 102 valence electrons. The predicted octanol–water partition coefficient (Wildman–Crippen LogP) is 4.79. The minimum Gasteiger partial charge on any atom is -0.496 e. The van der Waals surface area contributed by atoms with Crippen molar-refractivity contribution < 1.29 is 4.74 Å². The molecule has 0 saturated heterocycles. The maximum Gasteiger partial charge on any atom is 0.140 e. The highest BCUT2D eigenvalue weighted by Crippen LogP contribution is 2.29. The van der Waals surface area contributed by atoms with Crippen LogP contribution in [0.3, 0.4) is 0 Å². The summed E-state index contributed by atoms with van der Waals surface area (Å²) < 4.78 is 6.00. The maximum atomic E-state index is 9.33. The van der Waals surface area contributed by atoms with Crippen molar-refractivity contribution in [1.82, 2.24) is 0 Å². The van der Waals surface area contributed by atoms with Gasteiger partial charge in [-0.25, -0.2) is 0 Å². The van der Waals surface area contributed by atoms with Gasteiger partial charge >= 0.3 is 0 Å². The fourth-order valence-electron chi connectivity index (χ4n) is 1.77. The van der Waals surface area contributed by atoms with Crippen LogP contribution in [0.25, 0.3) is 0 Å². The summed E-state index contributed by atoms with van der Waals surface area (Å²) in [4.78, 5) is 0. The van der Waals surface area contributed by atoms with Crippen LogP contribution in [0.5, 0.6) is 5.75 Å². The van der Waals surface area contributed by atoms with E-state index in [1.807, 2.05) is 30.3 Å². The lowest BCUT2D eigenvalue weighted by Crippen LogP contribution is -2.08. The first-order valence-corrected chi connectivity index (χ1v) is 7.06. The zero-order valence-corrected chi connectivity index (χ0v) is 13.1. The van der Waals surface area contributed by atoms with Gasteiger partial charge in [0.1, 0.15) is 11.8 Å². The maximum absolute atomic E-state index is 9.33. The monoisotopic (exact) mass is 350 g/mol. The average molecular weight is 352 g/mol. The summed E-state index contributed by atoms with van der Waals surface area (Å²) in [5, 5.41) is 13.1. The molecular formula is C15H12BrClN2O. The Kier molecular flexibility index (Phi) is 4.89. The number of methoxy groups -OCH3 is 1. The van der Waals surface area contributed by atoms with E-state index in [1.165, 1.54) is 0 Å². The Balaban J connectivity index is 2.22. The Labute approximate surface area is 131 Å². The highest BCUT2D eigenvalue weighted by atomic mass is 79.9. The molecule has 0 heterocycles. The molecule has 0 radical (unpaired) electrons. The molecule has 0 spiro atoms. The summed E-state index contributed by atoms with van der Waals surface area (Å²) in [6.45, 7) is 0. The minimum absolute atomic E-state index is 0.446. The lowest BCUT2D eigenvalue weighted by molar-refractivity contribution is 0.412. The van der Waals surface area contributed by atoms with Crippen molar-refractivity contribution in [3.05, 3.63) is 57.5 Å². The molecule has 0 aliphatic rings. The molecule has 1 N–H and O–H groups in total. The number of nitrogens with one attached hydrogen (secondary N) is 1. The van der Waals surface area contributed by atoms with Gasteiger partial charge in [0.2, 0.25) is 0 Å². The van der Waals surface area contributed by atoms with Crippen molar-refractivity contribution in [1.29, 1.82) is 5.26 Å². The predicted molar refractivity (Wildman–Crippen MR) is 84.1 cm³/mol. The molecule has 3 nitrogen and oxygen atoms in total. The van der Waals surface area contributed by atoms with Crippen molar-refractivity contribution in [2.24, 2.45) is 0 Å². The largest absolute Gasteiger partial charge is 0.496 e. The van der Waals surface area contributed by atoms with E-state index < -0.39 is 6.04 Å². The highest BCUT2D eigenvalue weighted by Gasteiger charge is 2.12. The number of rotatable bonds is 4. The summed E-state index contributed by atoms with van der Waals surface area (Å²) >= 11 is 9.26. The summed E-state index contributed by atoms with van der Waals surface area (Å²) in [5.41, 5.74) is 1.70. The van der Waals surface area contributed by atoms with Gasteiger partial charge in [0.05, 0.1) is 17.7 Å². The molecule has 0 bridgehead atoms. The van der Waals surface area contributed by atoms with Crippen LogP contribution in [-0.2, 0) is 0 Å². The van der Waals surface area contributed by atoms with Gasteiger partial charge in [-0.2, -0.15) is 5.26 Å². The van der Waals surface area contributed by atoms with E-state index in [2.05, 4.69) is 27.3 Å². The van der Waals surface area contributed by atoms with Crippen LogP contribution in [0.1, 0.15) is 11.6 Å². The lowest BCUT2D eigenvalue weighted by Gasteiger charge is -2.14. The summed E-state index contributed by atoms with van der Waals surface area (Å²) in [6.07, 6.45) is 0. The molecule has 0 aliphatic carbocycles. The fraction of sp³-hybridized carbons (Fsp3) is 0.133. The Hall–Kier alpha value is -1.70. The van der Waals surface area contributed by atoms with Crippen LogP contribution in [0, 0.1) is 11.3 Å². The molecule has 0 saturated carbocycles. The van der Waals surface area contributed by atoms with Crippen LogP contribution < -0.4 is 10.1 Å². The first-order chi connectivity index (χ1) is 9.63. The number of nitriles is 1. The van der Waals surface area contributed by atoms with E-state index >= 15 is 0 Å². The molecule has 0 aromatic heterocycles. The molecule has 1 unspecified atom stereocenters. The molecular weight excluding hydrogens is 340 g/mol. The van der Waals surface area contributed by atoms with Crippen molar-refractivity contribution in [3.63, 3.8) is 0 Å². The number of benzene rings is 2. The van der Waals surface area contributed by atoms with Crippen molar-refractivity contribution in [3.8, 4) is 11.8 Å². The summed E-state index contributed by atoms with van der Waals surface area (Å²) in [6, 6.07) is 14.6. The Morgan fingerprint density at radius 3 is 2.50 bits per heavy atom. The van der Waals surface area contributed by atoms with Gasteiger partial charge < -0.3 is 10.1 Å². The normalized spacial score (nSPS) is 11.5. The number of hydrogen-bond acceptors (Lipinski definition) is 3. The number of ether oxygens (including phenoxy) is 1. The van der Waals surface area contributed by atoms with E-state index in [0.717, 1.165) is 21.5 Å².